The number of piperidine rings is 1. The lowest BCUT2D eigenvalue weighted by Crippen LogP contribution is -2.42. The molecule has 86 valence electrons. The van der Waals surface area contributed by atoms with Gasteiger partial charge in [-0.1, -0.05) is 0 Å². The van der Waals surface area contributed by atoms with Crippen molar-refractivity contribution in [3.63, 3.8) is 0 Å². The molecule has 0 amide bonds. The summed E-state index contributed by atoms with van der Waals surface area (Å²) in [5.41, 5.74) is 0. The summed E-state index contributed by atoms with van der Waals surface area (Å²) in [7, 11) is 1.88. The highest BCUT2D eigenvalue weighted by Gasteiger charge is 2.40. The van der Waals surface area contributed by atoms with Crippen LogP contribution in [-0.2, 0) is 18.4 Å². The second-order valence-corrected chi connectivity index (χ2v) is 4.84. The molecule has 2 aliphatic heterocycles. The van der Waals surface area contributed by atoms with Crippen LogP contribution in [0.1, 0.15) is 31.5 Å². The van der Waals surface area contributed by atoms with Crippen molar-refractivity contribution in [2.75, 3.05) is 0 Å². The number of carbonyl (C=O) groups excluding carboxylic acids is 1. The Hall–Kier alpha value is -1.23. The van der Waals surface area contributed by atoms with Crippen LogP contribution in [0.25, 0.3) is 0 Å². The average molecular weight is 220 g/mol. The van der Waals surface area contributed by atoms with Gasteiger partial charge in [-0.2, -0.15) is 5.10 Å². The molecule has 0 aromatic carbocycles. The molecule has 2 saturated heterocycles. The van der Waals surface area contributed by atoms with Gasteiger partial charge in [-0.25, -0.2) is 4.98 Å². The van der Waals surface area contributed by atoms with Gasteiger partial charge in [0.25, 0.3) is 0 Å². The Labute approximate surface area is 94.5 Å². The van der Waals surface area contributed by atoms with Crippen molar-refractivity contribution in [3.05, 3.63) is 12.2 Å². The summed E-state index contributed by atoms with van der Waals surface area (Å²) in [6, 6.07) is 0.880. The molecule has 0 aliphatic carbocycles. The summed E-state index contributed by atoms with van der Waals surface area (Å²) in [6.07, 6.45) is 5.49. The molecule has 2 fully saturated rings. The van der Waals surface area contributed by atoms with E-state index in [9.17, 15) is 4.79 Å². The maximum Gasteiger partial charge on any atom is 0.164 e. The highest BCUT2D eigenvalue weighted by Crippen LogP contribution is 2.34. The van der Waals surface area contributed by atoms with Crippen molar-refractivity contribution in [1.29, 1.82) is 0 Å². The number of hydrogen-bond acceptors (Lipinski definition) is 4. The van der Waals surface area contributed by atoms with Crippen molar-refractivity contribution in [1.82, 2.24) is 19.7 Å². The van der Waals surface area contributed by atoms with Gasteiger partial charge in [-0.15, -0.1) is 0 Å². The third-order valence-corrected chi connectivity index (χ3v) is 3.67. The van der Waals surface area contributed by atoms with Gasteiger partial charge in [0.15, 0.2) is 5.82 Å². The zero-order chi connectivity index (χ0) is 11.1. The largest absolute Gasteiger partial charge is 0.300 e. The summed E-state index contributed by atoms with van der Waals surface area (Å²) in [4.78, 5) is 18.1. The molecule has 16 heavy (non-hydrogen) atoms. The van der Waals surface area contributed by atoms with Crippen LogP contribution >= 0.6 is 0 Å². The average Bonchev–Trinajstić information content (AvgIpc) is 2.72. The van der Waals surface area contributed by atoms with Crippen LogP contribution in [0.15, 0.2) is 6.33 Å². The van der Waals surface area contributed by atoms with Gasteiger partial charge in [-0.05, 0) is 12.8 Å². The molecule has 3 heterocycles. The summed E-state index contributed by atoms with van der Waals surface area (Å²) in [5.74, 6) is 1.30. The van der Waals surface area contributed by atoms with Crippen LogP contribution in [0.3, 0.4) is 0 Å². The molecule has 0 saturated carbocycles. The van der Waals surface area contributed by atoms with E-state index in [0.717, 1.165) is 38.1 Å². The van der Waals surface area contributed by atoms with E-state index in [1.807, 2.05) is 7.05 Å². The van der Waals surface area contributed by atoms with Gasteiger partial charge in [0.2, 0.25) is 0 Å². The number of rotatable bonds is 2. The zero-order valence-corrected chi connectivity index (χ0v) is 9.46. The van der Waals surface area contributed by atoms with E-state index in [1.165, 1.54) is 0 Å². The van der Waals surface area contributed by atoms with Gasteiger partial charge in [0.05, 0.1) is 6.54 Å². The van der Waals surface area contributed by atoms with Crippen molar-refractivity contribution in [2.24, 2.45) is 7.05 Å². The Morgan fingerprint density at radius 2 is 2.06 bits per heavy atom. The summed E-state index contributed by atoms with van der Waals surface area (Å²) >= 11 is 0. The lowest BCUT2D eigenvalue weighted by atomic mass is 10.0. The third kappa shape index (κ3) is 1.65. The Kier molecular flexibility index (Phi) is 2.28. The normalized spacial score (nSPS) is 29.9. The number of carbonyl (C=O) groups is 1. The molecule has 2 bridgehead atoms. The molecule has 0 spiro atoms. The molecule has 5 heteroatoms. The SMILES string of the molecule is Cn1cnc(CN2C3CCC2CC(=O)C3)n1. The lowest BCUT2D eigenvalue weighted by molar-refractivity contribution is -0.123. The quantitative estimate of drug-likeness (QED) is 0.728. The first-order chi connectivity index (χ1) is 7.72. The van der Waals surface area contributed by atoms with Crippen molar-refractivity contribution in [3.8, 4) is 0 Å². The summed E-state index contributed by atoms with van der Waals surface area (Å²) in [5, 5.41) is 4.30. The zero-order valence-electron chi connectivity index (χ0n) is 9.46. The fraction of sp³-hybridized carbons (Fsp3) is 0.727. The number of ketones is 1. The number of hydrogen-bond donors (Lipinski definition) is 0. The molecule has 5 nitrogen and oxygen atoms in total. The van der Waals surface area contributed by atoms with Crippen LogP contribution in [0.2, 0.25) is 0 Å². The van der Waals surface area contributed by atoms with E-state index in [2.05, 4.69) is 15.0 Å². The Morgan fingerprint density at radius 1 is 1.38 bits per heavy atom. The van der Waals surface area contributed by atoms with Gasteiger partial charge in [0.1, 0.15) is 12.1 Å². The maximum atomic E-state index is 11.5. The minimum Gasteiger partial charge on any atom is -0.300 e. The highest BCUT2D eigenvalue weighted by atomic mass is 16.1. The molecule has 2 atom stereocenters. The number of aromatic nitrogens is 3. The van der Waals surface area contributed by atoms with Gasteiger partial charge < -0.3 is 0 Å². The smallest absolute Gasteiger partial charge is 0.164 e. The molecule has 0 N–H and O–H groups in total. The van der Waals surface area contributed by atoms with E-state index in [0.29, 0.717) is 17.9 Å². The monoisotopic (exact) mass is 220 g/mol. The Balaban J connectivity index is 1.74. The minimum atomic E-state index is 0.428. The molecule has 3 rings (SSSR count). The second-order valence-electron chi connectivity index (χ2n) is 4.84. The maximum absolute atomic E-state index is 11.5. The first-order valence-electron chi connectivity index (χ1n) is 5.84. The van der Waals surface area contributed by atoms with Crippen LogP contribution in [0.5, 0.6) is 0 Å². The molecule has 2 unspecified atom stereocenters. The molecule has 1 aromatic heterocycles. The molecule has 2 aliphatic rings. The molecule has 1 aromatic rings. The van der Waals surface area contributed by atoms with Gasteiger partial charge in [0, 0.05) is 32.0 Å². The van der Waals surface area contributed by atoms with Gasteiger partial charge >= 0.3 is 0 Å². The number of Topliss-reactive ketones (excluding diaryl/α,β-unsaturated/α-hetero) is 1. The summed E-state index contributed by atoms with van der Waals surface area (Å²) < 4.78 is 1.73. The van der Waals surface area contributed by atoms with Crippen molar-refractivity contribution >= 4 is 5.78 Å². The first kappa shape index (κ1) is 9.96. The van der Waals surface area contributed by atoms with Crippen LogP contribution < -0.4 is 0 Å². The van der Waals surface area contributed by atoms with Gasteiger partial charge in [-0.3, -0.25) is 14.4 Å². The van der Waals surface area contributed by atoms with Crippen molar-refractivity contribution in [2.45, 2.75) is 44.3 Å². The number of fused-ring (bicyclic) bond motifs is 2. The van der Waals surface area contributed by atoms with Crippen molar-refractivity contribution < 1.29 is 4.79 Å². The standard InChI is InChI=1S/C11H16N4O/c1-14-7-12-11(13-14)6-15-8-2-3-9(15)5-10(16)4-8/h7-9H,2-6H2,1H3. The van der Waals surface area contributed by atoms with E-state index in [1.54, 1.807) is 11.0 Å². The van der Waals surface area contributed by atoms with Crippen LogP contribution in [0, 0.1) is 0 Å². The van der Waals surface area contributed by atoms with Crippen LogP contribution in [-0.4, -0.2) is 37.5 Å². The van der Waals surface area contributed by atoms with Crippen LogP contribution in [0.4, 0.5) is 0 Å². The Bertz CT molecular complexity index is 398. The number of aryl methyl sites for hydroxylation is 1. The predicted molar refractivity (Wildman–Crippen MR) is 57.6 cm³/mol. The fourth-order valence-corrected chi connectivity index (χ4v) is 2.94. The fourth-order valence-electron chi connectivity index (χ4n) is 2.94. The molecule has 0 radical (unpaired) electrons. The Morgan fingerprint density at radius 3 is 2.62 bits per heavy atom. The van der Waals surface area contributed by atoms with E-state index in [4.69, 9.17) is 0 Å². The van der Waals surface area contributed by atoms with E-state index < -0.39 is 0 Å². The highest BCUT2D eigenvalue weighted by molar-refractivity contribution is 5.80. The molecular formula is C11H16N4O. The van der Waals surface area contributed by atoms with E-state index >= 15 is 0 Å². The summed E-state index contributed by atoms with van der Waals surface area (Å²) in [6.45, 7) is 0.795. The molecular weight excluding hydrogens is 204 g/mol. The topological polar surface area (TPSA) is 51.0 Å². The number of nitrogens with zero attached hydrogens (tertiary/aromatic N) is 4. The second kappa shape index (κ2) is 3.66. The van der Waals surface area contributed by atoms with E-state index in [-0.39, 0.29) is 0 Å². The predicted octanol–water partition coefficient (Wildman–Crippen LogP) is 0.511. The third-order valence-electron chi connectivity index (χ3n) is 3.67. The minimum absolute atomic E-state index is 0.428. The first-order valence-corrected chi connectivity index (χ1v) is 5.84. The lowest BCUT2D eigenvalue weighted by Gasteiger charge is -2.32.